The first-order valence-electron chi connectivity index (χ1n) is 4.57. The molecule has 0 aliphatic heterocycles. The van der Waals surface area contributed by atoms with Crippen LogP contribution in [0.1, 0.15) is 16.1 Å². The van der Waals surface area contributed by atoms with Gasteiger partial charge in [-0.25, -0.2) is 0 Å². The molecule has 76 valence electrons. The second-order valence-electron chi connectivity index (χ2n) is 3.29. The number of benzene rings is 1. The van der Waals surface area contributed by atoms with E-state index in [1.807, 2.05) is 0 Å². The number of nitrogens with two attached hydrogens (primary N) is 1. The molecule has 1 aromatic heterocycles. The summed E-state index contributed by atoms with van der Waals surface area (Å²) in [5.74, 6) is -0.145. The molecule has 0 aliphatic rings. The van der Waals surface area contributed by atoms with Crippen LogP contribution in [-0.4, -0.2) is 15.6 Å². The maximum atomic E-state index is 11.9. The highest BCUT2D eigenvalue weighted by Crippen LogP contribution is 2.14. The zero-order valence-electron chi connectivity index (χ0n) is 8.34. The monoisotopic (exact) mass is 201 g/mol. The van der Waals surface area contributed by atoms with E-state index in [-0.39, 0.29) is 5.78 Å². The summed E-state index contributed by atoms with van der Waals surface area (Å²) in [7, 11) is 1.77. The number of aromatic nitrogens is 2. The summed E-state index contributed by atoms with van der Waals surface area (Å²) in [6.07, 6.45) is 1.73. The molecular weight excluding hydrogens is 190 g/mol. The lowest BCUT2D eigenvalue weighted by Gasteiger charge is -2.01. The topological polar surface area (TPSA) is 60.9 Å². The SMILES string of the molecule is Cn1ccc(C(=O)c2ccccc2N)n1. The van der Waals surface area contributed by atoms with E-state index in [4.69, 9.17) is 5.73 Å². The van der Waals surface area contributed by atoms with Crippen LogP contribution in [0.4, 0.5) is 5.69 Å². The van der Waals surface area contributed by atoms with Gasteiger partial charge in [0.2, 0.25) is 5.78 Å². The molecule has 0 fully saturated rings. The summed E-state index contributed by atoms with van der Waals surface area (Å²) in [5, 5.41) is 4.04. The Morgan fingerprint density at radius 2 is 2.07 bits per heavy atom. The van der Waals surface area contributed by atoms with E-state index >= 15 is 0 Å². The molecule has 0 unspecified atom stereocenters. The molecule has 1 aromatic carbocycles. The lowest BCUT2D eigenvalue weighted by atomic mass is 10.1. The van der Waals surface area contributed by atoms with E-state index in [1.54, 1.807) is 48.3 Å². The van der Waals surface area contributed by atoms with Gasteiger partial charge < -0.3 is 5.73 Å². The fourth-order valence-corrected chi connectivity index (χ4v) is 1.38. The summed E-state index contributed by atoms with van der Waals surface area (Å²) < 4.78 is 1.59. The van der Waals surface area contributed by atoms with Gasteiger partial charge in [-0.3, -0.25) is 9.48 Å². The highest BCUT2D eigenvalue weighted by molar-refractivity contribution is 6.10. The van der Waals surface area contributed by atoms with Crippen LogP contribution < -0.4 is 5.73 Å². The number of ketones is 1. The predicted molar refractivity (Wildman–Crippen MR) is 57.5 cm³/mol. The van der Waals surface area contributed by atoms with Crippen LogP contribution in [-0.2, 0) is 7.05 Å². The third-order valence-electron chi connectivity index (χ3n) is 2.15. The summed E-state index contributed by atoms with van der Waals surface area (Å²) in [6.45, 7) is 0. The normalized spacial score (nSPS) is 10.2. The number of anilines is 1. The first-order chi connectivity index (χ1) is 7.18. The number of rotatable bonds is 2. The molecule has 0 saturated carbocycles. The van der Waals surface area contributed by atoms with E-state index < -0.39 is 0 Å². The molecule has 2 aromatic rings. The van der Waals surface area contributed by atoms with Crippen molar-refractivity contribution in [2.45, 2.75) is 0 Å². The van der Waals surface area contributed by atoms with Crippen molar-refractivity contribution in [2.24, 2.45) is 7.05 Å². The number of carbonyl (C=O) groups excluding carboxylic acids is 1. The number of para-hydroxylation sites is 1. The Morgan fingerprint density at radius 1 is 1.33 bits per heavy atom. The largest absolute Gasteiger partial charge is 0.398 e. The molecule has 0 aliphatic carbocycles. The van der Waals surface area contributed by atoms with Gasteiger partial charge in [0.05, 0.1) is 0 Å². The molecule has 0 atom stereocenters. The second kappa shape index (κ2) is 3.57. The van der Waals surface area contributed by atoms with E-state index in [9.17, 15) is 4.79 Å². The van der Waals surface area contributed by atoms with E-state index in [2.05, 4.69) is 5.10 Å². The Balaban J connectivity index is 2.41. The zero-order chi connectivity index (χ0) is 10.8. The fourth-order valence-electron chi connectivity index (χ4n) is 1.38. The van der Waals surface area contributed by atoms with Crippen molar-refractivity contribution in [2.75, 3.05) is 5.73 Å². The van der Waals surface area contributed by atoms with Crippen molar-refractivity contribution < 1.29 is 4.79 Å². The van der Waals surface area contributed by atoms with Gasteiger partial charge in [0.25, 0.3) is 0 Å². The molecule has 0 spiro atoms. The lowest BCUT2D eigenvalue weighted by Crippen LogP contribution is -2.06. The highest BCUT2D eigenvalue weighted by Gasteiger charge is 2.13. The van der Waals surface area contributed by atoms with Crippen molar-refractivity contribution >= 4 is 11.5 Å². The van der Waals surface area contributed by atoms with Crippen LogP contribution in [0.5, 0.6) is 0 Å². The molecule has 0 amide bonds. The number of hydrogen-bond donors (Lipinski definition) is 1. The van der Waals surface area contributed by atoms with Crippen molar-refractivity contribution in [3.63, 3.8) is 0 Å². The minimum absolute atomic E-state index is 0.145. The van der Waals surface area contributed by atoms with E-state index in [0.29, 0.717) is 16.9 Å². The zero-order valence-corrected chi connectivity index (χ0v) is 8.34. The third-order valence-corrected chi connectivity index (χ3v) is 2.15. The quantitative estimate of drug-likeness (QED) is 0.587. The molecule has 1 heterocycles. The number of nitrogens with zero attached hydrogens (tertiary/aromatic N) is 2. The lowest BCUT2D eigenvalue weighted by molar-refractivity contribution is 0.103. The van der Waals surface area contributed by atoms with Crippen LogP contribution in [0, 0.1) is 0 Å². The van der Waals surface area contributed by atoms with Crippen molar-refractivity contribution in [1.82, 2.24) is 9.78 Å². The van der Waals surface area contributed by atoms with Crippen molar-refractivity contribution in [3.05, 3.63) is 47.8 Å². The second-order valence-corrected chi connectivity index (χ2v) is 3.29. The van der Waals surface area contributed by atoms with Gasteiger partial charge in [0.15, 0.2) is 0 Å². The summed E-state index contributed by atoms with van der Waals surface area (Å²) in [4.78, 5) is 11.9. The molecule has 2 N–H and O–H groups in total. The van der Waals surface area contributed by atoms with Crippen LogP contribution in [0.3, 0.4) is 0 Å². The van der Waals surface area contributed by atoms with Crippen LogP contribution in [0.2, 0.25) is 0 Å². The number of hydrogen-bond acceptors (Lipinski definition) is 3. The minimum Gasteiger partial charge on any atom is -0.398 e. The summed E-state index contributed by atoms with van der Waals surface area (Å²) in [5.41, 5.74) is 7.10. The Bertz CT molecular complexity index is 502. The Kier molecular flexibility index (Phi) is 2.25. The molecular formula is C11H11N3O. The average molecular weight is 201 g/mol. The van der Waals surface area contributed by atoms with Gasteiger partial charge in [0.1, 0.15) is 5.69 Å². The molecule has 15 heavy (non-hydrogen) atoms. The average Bonchev–Trinajstić information content (AvgIpc) is 2.65. The predicted octanol–water partition coefficient (Wildman–Crippen LogP) is 1.23. The van der Waals surface area contributed by atoms with Crippen LogP contribution in [0.25, 0.3) is 0 Å². The number of carbonyl (C=O) groups is 1. The third kappa shape index (κ3) is 1.74. The molecule has 0 bridgehead atoms. The highest BCUT2D eigenvalue weighted by atomic mass is 16.1. The van der Waals surface area contributed by atoms with E-state index in [0.717, 1.165) is 0 Å². The van der Waals surface area contributed by atoms with Gasteiger partial charge >= 0.3 is 0 Å². The van der Waals surface area contributed by atoms with Crippen molar-refractivity contribution in [1.29, 1.82) is 0 Å². The van der Waals surface area contributed by atoms with Crippen molar-refractivity contribution in [3.8, 4) is 0 Å². The molecule has 4 nitrogen and oxygen atoms in total. The van der Waals surface area contributed by atoms with Gasteiger partial charge in [0, 0.05) is 24.5 Å². The summed E-state index contributed by atoms with van der Waals surface area (Å²) in [6, 6.07) is 8.66. The molecule has 0 radical (unpaired) electrons. The standard InChI is InChI=1S/C11H11N3O/c1-14-7-6-10(13-14)11(15)8-4-2-3-5-9(8)12/h2-7H,12H2,1H3. The summed E-state index contributed by atoms with van der Waals surface area (Å²) >= 11 is 0. The van der Waals surface area contributed by atoms with Gasteiger partial charge in [-0.2, -0.15) is 5.10 Å². The number of nitrogen functional groups attached to an aromatic ring is 1. The van der Waals surface area contributed by atoms with Crippen LogP contribution in [0.15, 0.2) is 36.5 Å². The van der Waals surface area contributed by atoms with Gasteiger partial charge in [-0.05, 0) is 18.2 Å². The molecule has 4 heteroatoms. The van der Waals surface area contributed by atoms with E-state index in [1.165, 1.54) is 0 Å². The smallest absolute Gasteiger partial charge is 0.215 e. The molecule has 0 saturated heterocycles. The Morgan fingerprint density at radius 3 is 2.67 bits per heavy atom. The number of aryl methyl sites for hydroxylation is 1. The first kappa shape index (κ1) is 9.45. The van der Waals surface area contributed by atoms with Gasteiger partial charge in [-0.1, -0.05) is 12.1 Å². The Hall–Kier alpha value is -2.10. The maximum Gasteiger partial charge on any atom is 0.215 e. The Labute approximate surface area is 87.3 Å². The molecule has 2 rings (SSSR count). The first-order valence-corrected chi connectivity index (χ1v) is 4.57. The fraction of sp³-hybridized carbons (Fsp3) is 0.0909. The van der Waals surface area contributed by atoms with Crippen LogP contribution >= 0.6 is 0 Å². The minimum atomic E-state index is -0.145. The van der Waals surface area contributed by atoms with Gasteiger partial charge in [-0.15, -0.1) is 0 Å². The maximum absolute atomic E-state index is 11.9.